The molecule has 0 fully saturated rings. The van der Waals surface area contributed by atoms with E-state index >= 15 is 0 Å². The van der Waals surface area contributed by atoms with Crippen molar-refractivity contribution in [3.63, 3.8) is 0 Å². The summed E-state index contributed by atoms with van der Waals surface area (Å²) in [6.07, 6.45) is 0.202. The van der Waals surface area contributed by atoms with E-state index in [0.29, 0.717) is 5.02 Å². The highest BCUT2D eigenvalue weighted by Gasteiger charge is 2.18. The van der Waals surface area contributed by atoms with Gasteiger partial charge >= 0.3 is 0 Å². The van der Waals surface area contributed by atoms with E-state index in [1.807, 2.05) is 6.07 Å². The minimum absolute atomic E-state index is 0.0683. The van der Waals surface area contributed by atoms with Crippen molar-refractivity contribution in [1.29, 1.82) is 0 Å². The van der Waals surface area contributed by atoms with Gasteiger partial charge in [-0.2, -0.15) is 0 Å². The van der Waals surface area contributed by atoms with Gasteiger partial charge in [0, 0.05) is 21.1 Å². The van der Waals surface area contributed by atoms with Gasteiger partial charge in [0.15, 0.2) is 0 Å². The first kappa shape index (κ1) is 15.4. The summed E-state index contributed by atoms with van der Waals surface area (Å²) < 4.78 is 28.3. The Bertz CT molecular complexity index is 599. The van der Waals surface area contributed by atoms with E-state index in [1.54, 1.807) is 19.2 Å². The third-order valence-corrected chi connectivity index (χ3v) is 4.11. The van der Waals surface area contributed by atoms with Gasteiger partial charge in [-0.1, -0.05) is 33.6 Å². The molecule has 0 heterocycles. The maximum atomic E-state index is 13.7. The number of likely N-dealkylation sites (N-methyl/N-ethyl adjacent to an activating group) is 1. The van der Waals surface area contributed by atoms with Crippen LogP contribution in [0.15, 0.2) is 40.9 Å². The summed E-state index contributed by atoms with van der Waals surface area (Å²) in [5.41, 5.74) is 0.932. The average molecular weight is 361 g/mol. The lowest BCUT2D eigenvalue weighted by Gasteiger charge is -2.19. The van der Waals surface area contributed by atoms with E-state index in [2.05, 4.69) is 21.2 Å². The molecule has 0 aliphatic carbocycles. The smallest absolute Gasteiger partial charge is 0.129 e. The monoisotopic (exact) mass is 359 g/mol. The predicted octanol–water partition coefficient (Wildman–Crippen LogP) is 4.88. The fourth-order valence-electron chi connectivity index (χ4n) is 2.08. The van der Waals surface area contributed by atoms with Crippen LogP contribution in [0.25, 0.3) is 0 Å². The second kappa shape index (κ2) is 6.66. The third-order valence-electron chi connectivity index (χ3n) is 3.15. The molecule has 1 N–H and O–H groups in total. The van der Waals surface area contributed by atoms with E-state index in [0.717, 1.165) is 10.0 Å². The van der Waals surface area contributed by atoms with Crippen molar-refractivity contribution in [3.05, 3.63) is 68.7 Å². The molecule has 5 heteroatoms. The summed E-state index contributed by atoms with van der Waals surface area (Å²) in [5.74, 6) is -1.08. The normalized spacial score (nSPS) is 12.4. The van der Waals surface area contributed by atoms with Crippen LogP contribution in [0.4, 0.5) is 8.78 Å². The molecule has 0 saturated carbocycles. The van der Waals surface area contributed by atoms with E-state index in [4.69, 9.17) is 11.6 Å². The summed E-state index contributed by atoms with van der Waals surface area (Å²) in [4.78, 5) is 0. The van der Waals surface area contributed by atoms with Crippen LogP contribution in [0.2, 0.25) is 5.02 Å². The zero-order chi connectivity index (χ0) is 14.7. The second-order valence-electron chi connectivity index (χ2n) is 4.41. The first-order valence-electron chi connectivity index (χ1n) is 6.08. The highest BCUT2D eigenvalue weighted by molar-refractivity contribution is 9.10. The molecule has 0 spiro atoms. The lowest BCUT2D eigenvalue weighted by atomic mass is 9.98. The molecule has 20 heavy (non-hydrogen) atoms. The first-order valence-corrected chi connectivity index (χ1v) is 7.25. The van der Waals surface area contributed by atoms with Crippen LogP contribution < -0.4 is 5.32 Å². The maximum absolute atomic E-state index is 13.7. The van der Waals surface area contributed by atoms with Gasteiger partial charge in [-0.3, -0.25) is 0 Å². The Labute approximate surface area is 130 Å². The van der Waals surface area contributed by atoms with Crippen LogP contribution in [-0.2, 0) is 6.42 Å². The molecule has 0 bridgehead atoms. The van der Waals surface area contributed by atoms with Crippen LogP contribution in [0.5, 0.6) is 0 Å². The molecule has 1 unspecified atom stereocenters. The molecule has 0 radical (unpaired) electrons. The molecule has 0 aliphatic rings. The van der Waals surface area contributed by atoms with Gasteiger partial charge in [-0.15, -0.1) is 0 Å². The fourth-order valence-corrected chi connectivity index (χ4v) is 2.78. The number of halogens is 4. The Kier molecular flexibility index (Phi) is 5.13. The van der Waals surface area contributed by atoms with Gasteiger partial charge in [-0.05, 0) is 49.4 Å². The van der Waals surface area contributed by atoms with E-state index in [-0.39, 0.29) is 18.0 Å². The third kappa shape index (κ3) is 3.37. The van der Waals surface area contributed by atoms with E-state index in [9.17, 15) is 8.78 Å². The number of hydrogen-bond donors (Lipinski definition) is 1. The van der Waals surface area contributed by atoms with Gasteiger partial charge < -0.3 is 5.32 Å². The quantitative estimate of drug-likeness (QED) is 0.819. The summed E-state index contributed by atoms with van der Waals surface area (Å²) in [6.45, 7) is 0. The molecule has 1 nitrogen and oxygen atoms in total. The Morgan fingerprint density at radius 3 is 2.45 bits per heavy atom. The van der Waals surface area contributed by atoms with Gasteiger partial charge in [0.25, 0.3) is 0 Å². The molecular weight excluding hydrogens is 348 g/mol. The predicted molar refractivity (Wildman–Crippen MR) is 81.0 cm³/mol. The van der Waals surface area contributed by atoms with E-state index in [1.165, 1.54) is 18.2 Å². The van der Waals surface area contributed by atoms with Crippen LogP contribution in [0, 0.1) is 11.6 Å². The van der Waals surface area contributed by atoms with Crippen LogP contribution in [0.3, 0.4) is 0 Å². The van der Waals surface area contributed by atoms with Gasteiger partial charge in [0.05, 0.1) is 0 Å². The van der Waals surface area contributed by atoms with Crippen LogP contribution in [-0.4, -0.2) is 7.05 Å². The second-order valence-corrected chi connectivity index (χ2v) is 5.70. The topological polar surface area (TPSA) is 12.0 Å². The first-order chi connectivity index (χ1) is 9.52. The van der Waals surface area contributed by atoms with Crippen molar-refractivity contribution in [2.45, 2.75) is 12.5 Å². The lowest BCUT2D eigenvalue weighted by Crippen LogP contribution is -2.20. The molecule has 2 aromatic carbocycles. The largest absolute Gasteiger partial charge is 0.313 e. The number of hydrogen-bond acceptors (Lipinski definition) is 1. The van der Waals surface area contributed by atoms with Gasteiger partial charge in [0.1, 0.15) is 11.6 Å². The molecule has 1 atom stereocenters. The summed E-state index contributed by atoms with van der Waals surface area (Å²) in [5, 5.41) is 3.65. The molecule has 0 amide bonds. The Balaban J connectivity index is 2.36. The molecular formula is C15H13BrClF2N. The maximum Gasteiger partial charge on any atom is 0.129 e. The van der Waals surface area contributed by atoms with Crippen molar-refractivity contribution in [2.75, 3.05) is 7.05 Å². The van der Waals surface area contributed by atoms with Gasteiger partial charge in [-0.25, -0.2) is 8.78 Å². The van der Waals surface area contributed by atoms with Crippen LogP contribution in [0.1, 0.15) is 17.2 Å². The van der Waals surface area contributed by atoms with Crippen molar-refractivity contribution in [1.82, 2.24) is 5.32 Å². The number of rotatable bonds is 4. The molecule has 106 valence electrons. The zero-order valence-corrected chi connectivity index (χ0v) is 13.1. The molecule has 2 rings (SSSR count). The highest BCUT2D eigenvalue weighted by Crippen LogP contribution is 2.29. The standard InChI is InChI=1S/C15H13BrClF2N/c1-20-15(10-7-9(17)5-6-12(10)16)8-11-13(18)3-2-4-14(11)19/h2-7,15,20H,8H2,1H3. The van der Waals surface area contributed by atoms with Crippen molar-refractivity contribution in [2.24, 2.45) is 0 Å². The highest BCUT2D eigenvalue weighted by atomic mass is 79.9. The van der Waals surface area contributed by atoms with Crippen LogP contribution >= 0.6 is 27.5 Å². The molecule has 2 aromatic rings. The molecule has 0 saturated heterocycles. The van der Waals surface area contributed by atoms with E-state index < -0.39 is 11.6 Å². The number of nitrogens with one attached hydrogen (secondary N) is 1. The summed E-state index contributed by atoms with van der Waals surface area (Å²) >= 11 is 9.42. The average Bonchev–Trinajstić information content (AvgIpc) is 2.42. The van der Waals surface area contributed by atoms with Gasteiger partial charge in [0.2, 0.25) is 0 Å². The summed E-state index contributed by atoms with van der Waals surface area (Å²) in [7, 11) is 1.75. The Hall–Kier alpha value is -0.970. The van der Waals surface area contributed by atoms with Crippen molar-refractivity contribution in [3.8, 4) is 0 Å². The van der Waals surface area contributed by atoms with Crippen molar-refractivity contribution < 1.29 is 8.78 Å². The Morgan fingerprint density at radius 2 is 1.85 bits per heavy atom. The minimum Gasteiger partial charge on any atom is -0.313 e. The molecule has 0 aliphatic heterocycles. The Morgan fingerprint density at radius 1 is 1.20 bits per heavy atom. The lowest BCUT2D eigenvalue weighted by molar-refractivity contribution is 0.514. The van der Waals surface area contributed by atoms with Crippen molar-refractivity contribution >= 4 is 27.5 Å². The minimum atomic E-state index is -0.539. The SMILES string of the molecule is CNC(Cc1c(F)cccc1F)c1cc(Cl)ccc1Br. The number of benzene rings is 2. The fraction of sp³-hybridized carbons (Fsp3) is 0.200. The molecule has 0 aromatic heterocycles. The zero-order valence-electron chi connectivity index (χ0n) is 10.8. The summed E-state index contributed by atoms with van der Waals surface area (Å²) in [6, 6.07) is 9.00.